The summed E-state index contributed by atoms with van der Waals surface area (Å²) in [5, 5.41) is 100. The highest BCUT2D eigenvalue weighted by Gasteiger charge is 2.46. The van der Waals surface area contributed by atoms with E-state index in [4.69, 9.17) is 23.4 Å². The second-order valence-electron chi connectivity index (χ2n) is 10.1. The largest absolute Gasteiger partial charge is 0.508 e. The zero-order valence-corrected chi connectivity index (χ0v) is 22.1. The minimum Gasteiger partial charge on any atom is -0.508 e. The number of ether oxygens (including phenoxy) is 4. The molecule has 10 atom stereocenters. The van der Waals surface area contributed by atoms with Crippen LogP contribution >= 0.6 is 0 Å². The second kappa shape index (κ2) is 12.2. The van der Waals surface area contributed by atoms with Gasteiger partial charge >= 0.3 is 0 Å². The first-order chi connectivity index (χ1) is 20.4. The molecule has 1 aromatic heterocycles. The van der Waals surface area contributed by atoms with Gasteiger partial charge in [-0.05, 0) is 24.3 Å². The second-order valence-corrected chi connectivity index (χ2v) is 10.1. The third-order valence-electron chi connectivity index (χ3n) is 7.22. The molecule has 16 nitrogen and oxygen atoms in total. The molecule has 43 heavy (non-hydrogen) atoms. The molecule has 2 aliphatic heterocycles. The molecule has 2 aromatic carbocycles. The monoisotopic (exact) mass is 610 g/mol. The van der Waals surface area contributed by atoms with Crippen LogP contribution in [-0.4, -0.2) is 126 Å². The van der Waals surface area contributed by atoms with Gasteiger partial charge in [0.05, 0.1) is 13.2 Å². The first-order valence-corrected chi connectivity index (χ1v) is 13.0. The summed E-state index contributed by atoms with van der Waals surface area (Å²) in [6, 6.07) is 7.35. The standard InChI is InChI=1S/C27H30O16/c28-7-14-17(32)20(35)22(37)26(41-14)39-11-5-12(31)16-13(6-11)40-24(9-1-3-10(30)4-2-9)25(19(16)34)43-27-23(38)21(36)18(33)15(8-29)42-27/h1-6,14-15,17-18,20-23,26-33,35-38H,7-8H2/t14-,15-,17-,18+,20+,21+,22+,23-,26-,27+/m1/s1. The predicted octanol–water partition coefficient (Wildman–Crippen LogP) is -2.77. The minimum atomic E-state index is -1.89. The van der Waals surface area contributed by atoms with Gasteiger partial charge in [-0.1, -0.05) is 0 Å². The van der Waals surface area contributed by atoms with Gasteiger partial charge in [-0.15, -0.1) is 0 Å². The summed E-state index contributed by atoms with van der Waals surface area (Å²) in [4.78, 5) is 13.7. The average molecular weight is 611 g/mol. The van der Waals surface area contributed by atoms with Crippen molar-refractivity contribution in [1.29, 1.82) is 0 Å². The van der Waals surface area contributed by atoms with Gasteiger partial charge in [0.1, 0.15) is 77.0 Å². The number of aliphatic hydroxyl groups is 8. The van der Waals surface area contributed by atoms with Gasteiger partial charge in [-0.25, -0.2) is 0 Å². The molecule has 2 saturated heterocycles. The highest BCUT2D eigenvalue weighted by Crippen LogP contribution is 2.38. The van der Waals surface area contributed by atoms with Crippen molar-refractivity contribution in [2.45, 2.75) is 61.4 Å². The summed E-state index contributed by atoms with van der Waals surface area (Å²) in [5.41, 5.74) is -1.11. The molecule has 3 heterocycles. The maximum Gasteiger partial charge on any atom is 0.239 e. The minimum absolute atomic E-state index is 0.129. The van der Waals surface area contributed by atoms with Crippen molar-refractivity contribution in [3.05, 3.63) is 46.6 Å². The molecule has 0 radical (unpaired) electrons. The Morgan fingerprint density at radius 2 is 1.23 bits per heavy atom. The van der Waals surface area contributed by atoms with E-state index in [9.17, 15) is 55.9 Å². The molecule has 0 bridgehead atoms. The van der Waals surface area contributed by atoms with E-state index in [0.717, 1.165) is 12.1 Å². The Kier molecular flexibility index (Phi) is 8.77. The van der Waals surface area contributed by atoms with Crippen molar-refractivity contribution in [1.82, 2.24) is 0 Å². The molecule has 0 unspecified atom stereocenters. The van der Waals surface area contributed by atoms with Crippen LogP contribution in [-0.2, 0) is 9.47 Å². The van der Waals surface area contributed by atoms with E-state index in [-0.39, 0.29) is 28.4 Å². The maximum atomic E-state index is 13.7. The van der Waals surface area contributed by atoms with Crippen molar-refractivity contribution < 1.29 is 74.4 Å². The molecule has 0 aliphatic carbocycles. The predicted molar refractivity (Wildman–Crippen MR) is 140 cm³/mol. The SMILES string of the molecule is O=c1c(O[C@@H]2O[C@H](CO)[C@H](O)[C@H](O)[C@H]2O)c(-c2ccc(O)cc2)oc2cc(O[C@@H]3O[C@H](CO)[C@@H](O)[C@H](O)[C@@H]3O)cc(O)c12. The molecule has 234 valence electrons. The summed E-state index contributed by atoms with van der Waals surface area (Å²) in [5.74, 6) is -1.96. The van der Waals surface area contributed by atoms with Crippen LogP contribution in [0.5, 0.6) is 23.0 Å². The van der Waals surface area contributed by atoms with Gasteiger partial charge in [0.2, 0.25) is 23.8 Å². The van der Waals surface area contributed by atoms with E-state index in [1.165, 1.54) is 24.3 Å². The molecule has 0 saturated carbocycles. The Hall–Kier alpha value is -3.55. The molecule has 2 fully saturated rings. The highest BCUT2D eigenvalue weighted by atomic mass is 16.7. The molecular formula is C27H30O16. The molecule has 5 rings (SSSR count). The van der Waals surface area contributed by atoms with Crippen molar-refractivity contribution in [2.75, 3.05) is 13.2 Å². The number of fused-ring (bicyclic) bond motifs is 1. The Bertz CT molecular complexity index is 1490. The first kappa shape index (κ1) is 30.9. The molecule has 0 amide bonds. The summed E-state index contributed by atoms with van der Waals surface area (Å²) in [7, 11) is 0. The van der Waals surface area contributed by atoms with Crippen LogP contribution in [0.2, 0.25) is 0 Å². The Labute approximate surface area is 241 Å². The van der Waals surface area contributed by atoms with Gasteiger partial charge in [0, 0.05) is 17.7 Å². The lowest BCUT2D eigenvalue weighted by Gasteiger charge is -2.39. The van der Waals surface area contributed by atoms with Gasteiger partial charge in [-0.2, -0.15) is 0 Å². The topological polar surface area (TPSA) is 269 Å². The van der Waals surface area contributed by atoms with Gasteiger partial charge in [0.25, 0.3) is 0 Å². The maximum absolute atomic E-state index is 13.7. The van der Waals surface area contributed by atoms with Crippen molar-refractivity contribution in [3.63, 3.8) is 0 Å². The molecule has 0 spiro atoms. The third-order valence-corrected chi connectivity index (χ3v) is 7.22. The zero-order valence-electron chi connectivity index (χ0n) is 22.1. The Morgan fingerprint density at radius 1 is 0.698 bits per heavy atom. The molecule has 2 aliphatic rings. The zero-order chi connectivity index (χ0) is 31.2. The number of benzene rings is 2. The average Bonchev–Trinajstić information content (AvgIpc) is 2.98. The number of aromatic hydroxyl groups is 2. The summed E-state index contributed by atoms with van der Waals surface area (Å²) in [6.07, 6.45) is -16.6. The fourth-order valence-corrected chi connectivity index (χ4v) is 4.82. The fraction of sp³-hybridized carbons (Fsp3) is 0.444. The number of phenolic OH excluding ortho intramolecular Hbond substituents is 2. The normalized spacial score (nSPS) is 32.9. The van der Waals surface area contributed by atoms with Gasteiger partial charge in [-0.3, -0.25) is 4.79 Å². The highest BCUT2D eigenvalue weighted by molar-refractivity contribution is 5.88. The first-order valence-electron chi connectivity index (χ1n) is 13.0. The number of aliphatic hydroxyl groups excluding tert-OH is 8. The van der Waals surface area contributed by atoms with Crippen LogP contribution in [0.4, 0.5) is 0 Å². The van der Waals surface area contributed by atoms with E-state index in [1.807, 2.05) is 0 Å². The summed E-state index contributed by atoms with van der Waals surface area (Å²) >= 11 is 0. The van der Waals surface area contributed by atoms with Crippen LogP contribution in [0.3, 0.4) is 0 Å². The molecule has 16 heteroatoms. The lowest BCUT2D eigenvalue weighted by atomic mass is 9.99. The van der Waals surface area contributed by atoms with Crippen LogP contribution in [0.25, 0.3) is 22.3 Å². The van der Waals surface area contributed by atoms with E-state index in [2.05, 4.69) is 0 Å². The van der Waals surface area contributed by atoms with Crippen LogP contribution in [0, 0.1) is 0 Å². The smallest absolute Gasteiger partial charge is 0.239 e. The fourth-order valence-electron chi connectivity index (χ4n) is 4.82. The van der Waals surface area contributed by atoms with Crippen LogP contribution in [0.15, 0.2) is 45.6 Å². The molecule has 10 N–H and O–H groups in total. The van der Waals surface area contributed by atoms with E-state index < -0.39 is 96.9 Å². The van der Waals surface area contributed by atoms with Crippen LogP contribution < -0.4 is 14.9 Å². The number of rotatable bonds is 7. The number of hydrogen-bond acceptors (Lipinski definition) is 16. The number of phenols is 2. The van der Waals surface area contributed by atoms with E-state index >= 15 is 0 Å². The summed E-state index contributed by atoms with van der Waals surface area (Å²) < 4.78 is 27.8. The van der Waals surface area contributed by atoms with E-state index in [0.29, 0.717) is 0 Å². The van der Waals surface area contributed by atoms with Crippen molar-refractivity contribution in [3.8, 4) is 34.3 Å². The quantitative estimate of drug-likeness (QED) is 0.130. The van der Waals surface area contributed by atoms with Crippen LogP contribution in [0.1, 0.15) is 0 Å². The Morgan fingerprint density at radius 3 is 1.77 bits per heavy atom. The Balaban J connectivity index is 1.58. The molecular weight excluding hydrogens is 580 g/mol. The van der Waals surface area contributed by atoms with E-state index in [1.54, 1.807) is 0 Å². The van der Waals surface area contributed by atoms with Crippen molar-refractivity contribution >= 4 is 11.0 Å². The summed E-state index contributed by atoms with van der Waals surface area (Å²) in [6.45, 7) is -1.48. The number of hydrogen-bond donors (Lipinski definition) is 10. The lowest BCUT2D eigenvalue weighted by Crippen LogP contribution is -2.60. The van der Waals surface area contributed by atoms with Gasteiger partial charge in [0.15, 0.2) is 5.76 Å². The molecule has 3 aromatic rings. The third kappa shape index (κ3) is 5.73. The van der Waals surface area contributed by atoms with Gasteiger partial charge < -0.3 is 74.4 Å². The van der Waals surface area contributed by atoms with Crippen molar-refractivity contribution in [2.24, 2.45) is 0 Å². The lowest BCUT2D eigenvalue weighted by molar-refractivity contribution is -0.277.